The Bertz CT molecular complexity index is 1160. The minimum absolute atomic E-state index is 0.274. The largest absolute Gasteiger partial charge is 0.471 e. The average Bonchev–Trinajstić information content (AvgIpc) is 3.39. The second kappa shape index (κ2) is 7.53. The molecule has 0 saturated carbocycles. The third kappa shape index (κ3) is 3.33. The number of hydroxylamine groups is 1. The summed E-state index contributed by atoms with van der Waals surface area (Å²) in [6.45, 7) is 5.84. The highest BCUT2D eigenvalue weighted by Crippen LogP contribution is 2.42. The van der Waals surface area contributed by atoms with Crippen molar-refractivity contribution in [2.45, 2.75) is 12.9 Å². The van der Waals surface area contributed by atoms with Crippen LogP contribution in [0.3, 0.4) is 0 Å². The Morgan fingerprint density at radius 1 is 1.12 bits per heavy atom. The number of hydrogen-bond donors (Lipinski definition) is 3. The summed E-state index contributed by atoms with van der Waals surface area (Å²) in [4.78, 5) is 16.9. The molecule has 0 amide bonds. The number of aliphatic imine (C=N–C) groups is 1. The molecule has 2 aromatic rings. The smallest absolute Gasteiger partial charge is 0.351 e. The number of nitrogens with one attached hydrogen (secondary N) is 3. The Balaban J connectivity index is 1.31. The molecule has 6 rings (SSSR count). The van der Waals surface area contributed by atoms with E-state index in [0.717, 1.165) is 54.7 Å². The minimum atomic E-state index is -1.29. The van der Waals surface area contributed by atoms with E-state index in [9.17, 15) is 0 Å². The predicted octanol–water partition coefficient (Wildman–Crippen LogP) is 2.72. The van der Waals surface area contributed by atoms with E-state index in [-0.39, 0.29) is 5.82 Å². The molecule has 2 bridgehead atoms. The maximum atomic E-state index is 15.1. The van der Waals surface area contributed by atoms with Crippen LogP contribution in [0.4, 0.5) is 27.1 Å². The van der Waals surface area contributed by atoms with E-state index in [2.05, 4.69) is 38.0 Å². The van der Waals surface area contributed by atoms with Crippen molar-refractivity contribution in [3.8, 4) is 5.75 Å². The first-order valence-electron chi connectivity index (χ1n) is 11.0. The second-order valence-electron chi connectivity index (χ2n) is 8.67. The van der Waals surface area contributed by atoms with E-state index in [1.165, 1.54) is 6.07 Å². The fourth-order valence-electron chi connectivity index (χ4n) is 4.56. The molecule has 10 heteroatoms. The van der Waals surface area contributed by atoms with E-state index < -0.39 is 5.97 Å². The van der Waals surface area contributed by atoms with Crippen LogP contribution in [0, 0.1) is 5.82 Å². The standard InChI is InChI=1S/C23H26FN7O2/c1-15-13-26-23(27-16-3-5-20(18(24)11-16)30-9-7-29(2)8-10-30)31(22(15)28-33-23)17-4-6-21-19(12-17)25-14-32-21/h3-6,11-13,25,27-28H,7-10,14H2,1-2H3. The maximum Gasteiger partial charge on any atom is 0.351 e. The van der Waals surface area contributed by atoms with E-state index in [1.807, 2.05) is 42.2 Å². The van der Waals surface area contributed by atoms with Crippen LogP contribution in [0.5, 0.6) is 5.75 Å². The van der Waals surface area contributed by atoms with Crippen LogP contribution < -0.4 is 30.7 Å². The van der Waals surface area contributed by atoms with Crippen LogP contribution in [0.25, 0.3) is 0 Å². The Hall–Kier alpha value is -3.50. The first kappa shape index (κ1) is 20.1. The Kier molecular flexibility index (Phi) is 4.59. The minimum Gasteiger partial charge on any atom is -0.471 e. The number of halogens is 1. The summed E-state index contributed by atoms with van der Waals surface area (Å²) < 4.78 is 20.7. The fraction of sp³-hybridized carbons (Fsp3) is 0.348. The summed E-state index contributed by atoms with van der Waals surface area (Å²) in [6, 6.07) is 11.0. The van der Waals surface area contributed by atoms with Gasteiger partial charge in [0.15, 0.2) is 6.73 Å². The van der Waals surface area contributed by atoms with Crippen molar-refractivity contribution in [3.63, 3.8) is 0 Å². The molecule has 1 unspecified atom stereocenters. The maximum absolute atomic E-state index is 15.1. The number of piperazine rings is 1. The number of nitrogens with zero attached hydrogens (tertiary/aromatic N) is 4. The third-order valence-corrected chi connectivity index (χ3v) is 6.43. The van der Waals surface area contributed by atoms with E-state index >= 15 is 4.39 Å². The summed E-state index contributed by atoms with van der Waals surface area (Å²) in [7, 11) is 2.08. The number of hydrogen-bond acceptors (Lipinski definition) is 9. The SMILES string of the molecule is CC1=C2NOC(Nc3ccc(N4CCN(C)CC4)c(F)c3)(N=C1)N2c1ccc2c(c1)NCO2. The average molecular weight is 452 g/mol. The molecule has 33 heavy (non-hydrogen) atoms. The van der Waals surface area contributed by atoms with Gasteiger partial charge in [-0.3, -0.25) is 4.90 Å². The zero-order valence-electron chi connectivity index (χ0n) is 18.6. The first-order chi connectivity index (χ1) is 16.0. The van der Waals surface area contributed by atoms with Crippen molar-refractivity contribution < 1.29 is 14.0 Å². The van der Waals surface area contributed by atoms with E-state index in [0.29, 0.717) is 18.1 Å². The molecule has 4 aliphatic heterocycles. The molecular formula is C23H26FN7O2. The number of fused-ring (bicyclic) bond motifs is 3. The Labute approximate surface area is 191 Å². The molecule has 9 nitrogen and oxygen atoms in total. The third-order valence-electron chi connectivity index (χ3n) is 6.43. The van der Waals surface area contributed by atoms with E-state index in [1.54, 1.807) is 6.21 Å². The van der Waals surface area contributed by atoms with Gasteiger partial charge in [-0.15, -0.1) is 0 Å². The summed E-state index contributed by atoms with van der Waals surface area (Å²) in [5, 5.41) is 6.50. The topological polar surface area (TPSA) is 76.6 Å². The first-order valence-corrected chi connectivity index (χ1v) is 11.0. The van der Waals surface area contributed by atoms with Gasteiger partial charge in [-0.05, 0) is 50.4 Å². The quantitative estimate of drug-likeness (QED) is 0.655. The lowest BCUT2D eigenvalue weighted by atomic mass is 10.2. The molecule has 2 aromatic carbocycles. The van der Waals surface area contributed by atoms with Gasteiger partial charge in [0, 0.05) is 43.7 Å². The second-order valence-corrected chi connectivity index (χ2v) is 8.67. The number of anilines is 4. The van der Waals surface area contributed by atoms with Gasteiger partial charge in [0.05, 0.1) is 17.1 Å². The summed E-state index contributed by atoms with van der Waals surface area (Å²) in [5.41, 5.74) is 6.84. The molecule has 172 valence electrons. The lowest BCUT2D eigenvalue weighted by molar-refractivity contribution is -0.0214. The van der Waals surface area contributed by atoms with Gasteiger partial charge in [-0.2, -0.15) is 0 Å². The zero-order chi connectivity index (χ0) is 22.6. The molecule has 3 N–H and O–H groups in total. The molecule has 0 aromatic heterocycles. The van der Waals surface area contributed by atoms with Gasteiger partial charge in [-0.1, -0.05) is 0 Å². The molecule has 4 aliphatic rings. The highest BCUT2D eigenvalue weighted by molar-refractivity contribution is 5.85. The highest BCUT2D eigenvalue weighted by Gasteiger charge is 2.49. The number of rotatable bonds is 4. The molecule has 1 atom stereocenters. The van der Waals surface area contributed by atoms with Crippen LogP contribution in [0.15, 0.2) is 52.8 Å². The number of benzene rings is 2. The lowest BCUT2D eigenvalue weighted by Crippen LogP contribution is -2.51. The van der Waals surface area contributed by atoms with Gasteiger partial charge in [0.2, 0.25) is 0 Å². The van der Waals surface area contributed by atoms with E-state index in [4.69, 9.17) is 9.57 Å². The molecule has 0 radical (unpaired) electrons. The fourth-order valence-corrected chi connectivity index (χ4v) is 4.56. The van der Waals surface area contributed by atoms with Gasteiger partial charge in [-0.25, -0.2) is 19.7 Å². The number of likely N-dealkylation sites (N-methyl/N-ethyl adjacent to an activating group) is 1. The van der Waals surface area contributed by atoms with Crippen LogP contribution in [0.1, 0.15) is 6.92 Å². The Morgan fingerprint density at radius 3 is 2.79 bits per heavy atom. The van der Waals surface area contributed by atoms with Crippen LogP contribution >= 0.6 is 0 Å². The van der Waals surface area contributed by atoms with Crippen molar-refractivity contribution >= 4 is 29.0 Å². The highest BCUT2D eigenvalue weighted by atomic mass is 19.1. The monoisotopic (exact) mass is 451 g/mol. The molecule has 0 aliphatic carbocycles. The molecule has 2 saturated heterocycles. The summed E-state index contributed by atoms with van der Waals surface area (Å²) >= 11 is 0. The number of allylic oxidation sites excluding steroid dienone is 1. The van der Waals surface area contributed by atoms with Crippen molar-refractivity contribution in [1.29, 1.82) is 0 Å². The van der Waals surface area contributed by atoms with Gasteiger partial charge < -0.3 is 25.2 Å². The lowest BCUT2D eigenvalue weighted by Gasteiger charge is -2.36. The summed E-state index contributed by atoms with van der Waals surface area (Å²) in [6.07, 6.45) is 1.75. The van der Waals surface area contributed by atoms with Crippen molar-refractivity contribution in [3.05, 3.63) is 53.6 Å². The van der Waals surface area contributed by atoms with Gasteiger partial charge in [0.25, 0.3) is 0 Å². The van der Waals surface area contributed by atoms with Crippen molar-refractivity contribution in [1.82, 2.24) is 10.4 Å². The van der Waals surface area contributed by atoms with Gasteiger partial charge in [0.1, 0.15) is 17.4 Å². The van der Waals surface area contributed by atoms with Crippen LogP contribution in [-0.4, -0.2) is 57.0 Å². The number of ether oxygens (including phenoxy) is 1. The Morgan fingerprint density at radius 2 is 1.97 bits per heavy atom. The summed E-state index contributed by atoms with van der Waals surface area (Å²) in [5.74, 6) is 0.00868. The predicted molar refractivity (Wildman–Crippen MR) is 126 cm³/mol. The van der Waals surface area contributed by atoms with Gasteiger partial charge >= 0.3 is 5.97 Å². The van der Waals surface area contributed by atoms with Crippen LogP contribution in [0.2, 0.25) is 0 Å². The molecule has 4 heterocycles. The normalized spacial score (nSPS) is 23.8. The molecule has 0 spiro atoms. The van der Waals surface area contributed by atoms with Crippen LogP contribution in [-0.2, 0) is 4.84 Å². The zero-order valence-corrected chi connectivity index (χ0v) is 18.6. The van der Waals surface area contributed by atoms with Crippen molar-refractivity contribution in [2.75, 3.05) is 60.4 Å². The molecule has 2 fully saturated rings. The molecular weight excluding hydrogens is 425 g/mol. The van der Waals surface area contributed by atoms with Crippen molar-refractivity contribution in [2.24, 2.45) is 4.99 Å².